The predicted octanol–water partition coefficient (Wildman–Crippen LogP) is -0.271. The number of esters is 1. The van der Waals surface area contributed by atoms with Crippen LogP contribution in [-0.4, -0.2) is 74.2 Å². The standard InChI is InChI=1S/C13H22N2O4/c1-10-7-15(5-6-19-10)12(16)9-14-4-3-11(8-14)13(17)18-2/h10-11H,3-9H2,1-2H3. The summed E-state index contributed by atoms with van der Waals surface area (Å²) in [5.74, 6) is -0.128. The molecule has 1 amide bonds. The lowest BCUT2D eigenvalue weighted by Gasteiger charge is -2.32. The Morgan fingerprint density at radius 1 is 1.32 bits per heavy atom. The quantitative estimate of drug-likeness (QED) is 0.661. The SMILES string of the molecule is COC(=O)C1CCN(CC(=O)N2CCOC(C)C2)C1. The number of methoxy groups -OCH3 is 1. The Kier molecular flexibility index (Phi) is 4.76. The largest absolute Gasteiger partial charge is 0.469 e. The summed E-state index contributed by atoms with van der Waals surface area (Å²) in [5, 5.41) is 0. The number of hydrogen-bond acceptors (Lipinski definition) is 5. The lowest BCUT2D eigenvalue weighted by Crippen LogP contribution is -2.48. The molecular formula is C13H22N2O4. The van der Waals surface area contributed by atoms with Crippen LogP contribution < -0.4 is 0 Å². The second-order valence-corrected chi connectivity index (χ2v) is 5.27. The van der Waals surface area contributed by atoms with Gasteiger partial charge >= 0.3 is 5.97 Å². The molecule has 2 aliphatic heterocycles. The zero-order chi connectivity index (χ0) is 13.8. The third kappa shape index (κ3) is 3.67. The Hall–Kier alpha value is -1.14. The first-order valence-corrected chi connectivity index (χ1v) is 6.79. The van der Waals surface area contributed by atoms with E-state index in [1.165, 1.54) is 7.11 Å². The van der Waals surface area contributed by atoms with Crippen molar-refractivity contribution in [2.24, 2.45) is 5.92 Å². The first-order valence-electron chi connectivity index (χ1n) is 6.79. The number of rotatable bonds is 3. The van der Waals surface area contributed by atoms with Gasteiger partial charge in [-0.1, -0.05) is 0 Å². The minimum Gasteiger partial charge on any atom is -0.469 e. The van der Waals surface area contributed by atoms with Gasteiger partial charge in [0.25, 0.3) is 0 Å². The molecule has 0 saturated carbocycles. The van der Waals surface area contributed by atoms with E-state index in [9.17, 15) is 9.59 Å². The predicted molar refractivity (Wildman–Crippen MR) is 68.6 cm³/mol. The minimum atomic E-state index is -0.171. The highest BCUT2D eigenvalue weighted by Gasteiger charge is 2.31. The van der Waals surface area contributed by atoms with Gasteiger partial charge in [0, 0.05) is 19.6 Å². The van der Waals surface area contributed by atoms with Crippen molar-refractivity contribution in [3.05, 3.63) is 0 Å². The van der Waals surface area contributed by atoms with Gasteiger partial charge in [0.05, 0.1) is 32.3 Å². The molecule has 0 aromatic heterocycles. The number of nitrogens with zero attached hydrogens (tertiary/aromatic N) is 2. The van der Waals surface area contributed by atoms with E-state index in [0.717, 1.165) is 13.0 Å². The molecule has 6 nitrogen and oxygen atoms in total. The molecule has 6 heteroatoms. The Labute approximate surface area is 113 Å². The van der Waals surface area contributed by atoms with E-state index >= 15 is 0 Å². The molecule has 2 atom stereocenters. The van der Waals surface area contributed by atoms with Crippen molar-refractivity contribution in [2.75, 3.05) is 46.4 Å². The lowest BCUT2D eigenvalue weighted by atomic mass is 10.1. The summed E-state index contributed by atoms with van der Waals surface area (Å²) < 4.78 is 10.2. The molecule has 0 bridgehead atoms. The van der Waals surface area contributed by atoms with Crippen LogP contribution in [0.25, 0.3) is 0 Å². The van der Waals surface area contributed by atoms with E-state index in [4.69, 9.17) is 9.47 Å². The number of carbonyl (C=O) groups is 2. The monoisotopic (exact) mass is 270 g/mol. The van der Waals surface area contributed by atoms with Gasteiger partial charge in [-0.2, -0.15) is 0 Å². The second-order valence-electron chi connectivity index (χ2n) is 5.27. The Bertz CT molecular complexity index is 348. The van der Waals surface area contributed by atoms with E-state index in [1.807, 2.05) is 16.7 Å². The number of morpholine rings is 1. The van der Waals surface area contributed by atoms with Crippen LogP contribution in [0.15, 0.2) is 0 Å². The maximum atomic E-state index is 12.2. The van der Waals surface area contributed by atoms with Crippen molar-refractivity contribution in [1.82, 2.24) is 9.80 Å². The number of carbonyl (C=O) groups excluding carboxylic acids is 2. The molecule has 2 unspecified atom stereocenters. The molecule has 2 aliphatic rings. The van der Waals surface area contributed by atoms with Gasteiger partial charge in [-0.15, -0.1) is 0 Å². The Morgan fingerprint density at radius 3 is 2.79 bits per heavy atom. The number of ether oxygens (including phenoxy) is 2. The van der Waals surface area contributed by atoms with Gasteiger partial charge in [-0.3, -0.25) is 14.5 Å². The molecule has 0 radical (unpaired) electrons. The van der Waals surface area contributed by atoms with Crippen LogP contribution in [0.1, 0.15) is 13.3 Å². The molecule has 19 heavy (non-hydrogen) atoms. The Morgan fingerprint density at radius 2 is 2.11 bits per heavy atom. The van der Waals surface area contributed by atoms with Crippen LogP contribution in [-0.2, 0) is 19.1 Å². The summed E-state index contributed by atoms with van der Waals surface area (Å²) in [6, 6.07) is 0. The van der Waals surface area contributed by atoms with Crippen LogP contribution in [0.4, 0.5) is 0 Å². The molecule has 0 N–H and O–H groups in total. The summed E-state index contributed by atoms with van der Waals surface area (Å²) in [6.45, 7) is 5.70. The molecule has 0 aliphatic carbocycles. The van der Waals surface area contributed by atoms with E-state index < -0.39 is 0 Å². The fourth-order valence-electron chi connectivity index (χ4n) is 2.67. The van der Waals surface area contributed by atoms with Crippen molar-refractivity contribution < 1.29 is 19.1 Å². The zero-order valence-electron chi connectivity index (χ0n) is 11.6. The van der Waals surface area contributed by atoms with Crippen LogP contribution in [0.3, 0.4) is 0 Å². The maximum absolute atomic E-state index is 12.2. The highest BCUT2D eigenvalue weighted by atomic mass is 16.5. The van der Waals surface area contributed by atoms with Gasteiger partial charge in [0.1, 0.15) is 0 Å². The van der Waals surface area contributed by atoms with Crippen molar-refractivity contribution in [3.8, 4) is 0 Å². The average Bonchev–Trinajstić information content (AvgIpc) is 2.86. The zero-order valence-corrected chi connectivity index (χ0v) is 11.6. The molecular weight excluding hydrogens is 248 g/mol. The maximum Gasteiger partial charge on any atom is 0.310 e. The van der Waals surface area contributed by atoms with Crippen molar-refractivity contribution in [3.63, 3.8) is 0 Å². The van der Waals surface area contributed by atoms with E-state index in [0.29, 0.717) is 32.8 Å². The highest BCUT2D eigenvalue weighted by molar-refractivity contribution is 5.79. The summed E-state index contributed by atoms with van der Waals surface area (Å²) in [5.41, 5.74) is 0. The van der Waals surface area contributed by atoms with Gasteiger partial charge in [0.2, 0.25) is 5.91 Å². The highest BCUT2D eigenvalue weighted by Crippen LogP contribution is 2.17. The van der Waals surface area contributed by atoms with E-state index in [2.05, 4.69) is 0 Å². The van der Waals surface area contributed by atoms with Gasteiger partial charge in [-0.05, 0) is 19.9 Å². The van der Waals surface area contributed by atoms with Crippen molar-refractivity contribution in [1.29, 1.82) is 0 Å². The summed E-state index contributed by atoms with van der Waals surface area (Å²) in [7, 11) is 1.41. The molecule has 2 heterocycles. The average molecular weight is 270 g/mol. The third-order valence-corrected chi connectivity index (χ3v) is 3.76. The van der Waals surface area contributed by atoms with Crippen LogP contribution in [0.2, 0.25) is 0 Å². The normalized spacial score (nSPS) is 28.4. The Balaban J connectivity index is 1.78. The first kappa shape index (κ1) is 14.3. The number of amides is 1. The van der Waals surface area contributed by atoms with Crippen molar-refractivity contribution >= 4 is 11.9 Å². The van der Waals surface area contributed by atoms with Crippen molar-refractivity contribution in [2.45, 2.75) is 19.4 Å². The summed E-state index contributed by atoms with van der Waals surface area (Å²) in [6.07, 6.45) is 0.888. The lowest BCUT2D eigenvalue weighted by molar-refractivity contribution is -0.145. The molecule has 0 spiro atoms. The van der Waals surface area contributed by atoms with Gasteiger partial charge in [0.15, 0.2) is 0 Å². The smallest absolute Gasteiger partial charge is 0.310 e. The van der Waals surface area contributed by atoms with E-state index in [-0.39, 0.29) is 23.9 Å². The fourth-order valence-corrected chi connectivity index (χ4v) is 2.67. The van der Waals surface area contributed by atoms with Crippen LogP contribution >= 0.6 is 0 Å². The number of likely N-dealkylation sites (tertiary alicyclic amines) is 1. The van der Waals surface area contributed by atoms with Gasteiger partial charge < -0.3 is 14.4 Å². The van der Waals surface area contributed by atoms with Crippen LogP contribution in [0, 0.1) is 5.92 Å². The fraction of sp³-hybridized carbons (Fsp3) is 0.846. The van der Waals surface area contributed by atoms with Gasteiger partial charge in [-0.25, -0.2) is 0 Å². The second kappa shape index (κ2) is 6.34. The first-order chi connectivity index (χ1) is 9.10. The minimum absolute atomic E-state index is 0.0820. The number of hydrogen-bond donors (Lipinski definition) is 0. The van der Waals surface area contributed by atoms with Crippen LogP contribution in [0.5, 0.6) is 0 Å². The molecule has 2 rings (SSSR count). The third-order valence-electron chi connectivity index (χ3n) is 3.76. The molecule has 2 saturated heterocycles. The summed E-state index contributed by atoms with van der Waals surface area (Å²) in [4.78, 5) is 27.5. The molecule has 0 aromatic rings. The molecule has 2 fully saturated rings. The molecule has 0 aromatic carbocycles. The molecule has 108 valence electrons. The van der Waals surface area contributed by atoms with E-state index in [1.54, 1.807) is 0 Å². The summed E-state index contributed by atoms with van der Waals surface area (Å²) >= 11 is 0. The topological polar surface area (TPSA) is 59.1 Å².